The van der Waals surface area contributed by atoms with E-state index in [-0.39, 0.29) is 0 Å². The van der Waals surface area contributed by atoms with Crippen molar-refractivity contribution in [2.24, 2.45) is 10.9 Å². The van der Waals surface area contributed by atoms with E-state index in [4.69, 9.17) is 0 Å². The van der Waals surface area contributed by atoms with Crippen LogP contribution in [0.2, 0.25) is 0 Å². The van der Waals surface area contributed by atoms with Gasteiger partial charge in [0.25, 0.3) is 0 Å². The summed E-state index contributed by atoms with van der Waals surface area (Å²) in [6.07, 6.45) is 1.07. The molecule has 0 aliphatic heterocycles. The van der Waals surface area contributed by atoms with Gasteiger partial charge in [-0.3, -0.25) is 0 Å². The zero-order valence-electron chi connectivity index (χ0n) is 14.6. The molecule has 0 aromatic carbocycles. The lowest BCUT2D eigenvalue weighted by molar-refractivity contribution is 0.0711. The molecule has 24 heavy (non-hydrogen) atoms. The molecule has 2 heterocycles. The Morgan fingerprint density at radius 3 is 2.62 bits per heavy atom. The molecule has 0 bridgehead atoms. The normalized spacial score (nSPS) is 15.8. The van der Waals surface area contributed by atoms with Crippen LogP contribution in [-0.2, 0) is 12.0 Å². The molecule has 0 amide bonds. The fourth-order valence-electron chi connectivity index (χ4n) is 2.35. The van der Waals surface area contributed by atoms with Gasteiger partial charge in [0, 0.05) is 22.8 Å². The molecular weight excluding hydrogens is 338 g/mol. The fourth-order valence-corrected chi connectivity index (χ4v) is 4.00. The Hall–Kier alpha value is -1.37. The molecule has 2 aromatic rings. The van der Waals surface area contributed by atoms with Gasteiger partial charge in [0.15, 0.2) is 5.96 Å². The van der Waals surface area contributed by atoms with Crippen molar-refractivity contribution in [1.82, 2.24) is 10.6 Å². The number of nitrogens with zero attached hydrogens (tertiary/aromatic N) is 1. The molecule has 2 atom stereocenters. The lowest BCUT2D eigenvalue weighted by Gasteiger charge is -2.21. The second kappa shape index (κ2) is 9.20. The average Bonchev–Trinajstić information content (AvgIpc) is 3.23. The summed E-state index contributed by atoms with van der Waals surface area (Å²) >= 11 is 3.36. The molecule has 2 aromatic heterocycles. The Morgan fingerprint density at radius 2 is 2.00 bits per heavy atom. The summed E-state index contributed by atoms with van der Waals surface area (Å²) in [5.41, 5.74) is -0.931. The lowest BCUT2D eigenvalue weighted by Crippen LogP contribution is -2.40. The van der Waals surface area contributed by atoms with E-state index in [2.05, 4.69) is 40.1 Å². The van der Waals surface area contributed by atoms with Crippen LogP contribution < -0.4 is 10.6 Å². The summed E-state index contributed by atoms with van der Waals surface area (Å²) in [5, 5.41) is 21.3. The topological polar surface area (TPSA) is 56.7 Å². The van der Waals surface area contributed by atoms with E-state index in [0.29, 0.717) is 12.5 Å². The molecule has 6 heteroatoms. The summed E-state index contributed by atoms with van der Waals surface area (Å²) < 4.78 is 0. The molecule has 132 valence electrons. The van der Waals surface area contributed by atoms with Gasteiger partial charge in [-0.15, -0.1) is 22.7 Å². The molecule has 2 unspecified atom stereocenters. The van der Waals surface area contributed by atoms with Crippen LogP contribution in [0.4, 0.5) is 0 Å². The van der Waals surface area contributed by atoms with Crippen molar-refractivity contribution in [3.63, 3.8) is 0 Å². The first-order chi connectivity index (χ1) is 11.5. The number of rotatable bonds is 8. The van der Waals surface area contributed by atoms with Gasteiger partial charge in [-0.1, -0.05) is 19.1 Å². The zero-order chi connectivity index (χ0) is 17.4. The smallest absolute Gasteiger partial charge is 0.191 e. The van der Waals surface area contributed by atoms with E-state index >= 15 is 0 Å². The average molecular weight is 366 g/mol. The molecule has 2 rings (SSSR count). The van der Waals surface area contributed by atoms with Crippen molar-refractivity contribution >= 4 is 28.6 Å². The highest BCUT2D eigenvalue weighted by molar-refractivity contribution is 7.10. The molecular formula is C18H27N3OS2. The van der Waals surface area contributed by atoms with Crippen molar-refractivity contribution in [2.75, 3.05) is 19.6 Å². The summed E-state index contributed by atoms with van der Waals surface area (Å²) in [6, 6.07) is 8.18. The van der Waals surface area contributed by atoms with Gasteiger partial charge >= 0.3 is 0 Å². The van der Waals surface area contributed by atoms with Gasteiger partial charge in [0.1, 0.15) is 5.60 Å². The molecule has 3 N–H and O–H groups in total. The number of hydrogen-bond acceptors (Lipinski definition) is 4. The highest BCUT2D eigenvalue weighted by atomic mass is 32.1. The Morgan fingerprint density at radius 1 is 1.25 bits per heavy atom. The van der Waals surface area contributed by atoms with E-state index in [1.165, 1.54) is 4.88 Å². The van der Waals surface area contributed by atoms with E-state index in [9.17, 15) is 5.11 Å². The second-order valence-electron chi connectivity index (χ2n) is 6.22. The first-order valence-corrected chi connectivity index (χ1v) is 10.1. The monoisotopic (exact) mass is 365 g/mol. The van der Waals surface area contributed by atoms with E-state index in [1.807, 2.05) is 31.4 Å². The first kappa shape index (κ1) is 19.0. The minimum atomic E-state index is -0.931. The minimum Gasteiger partial charge on any atom is -0.383 e. The predicted octanol–water partition coefficient (Wildman–Crippen LogP) is 3.45. The molecule has 0 aliphatic carbocycles. The van der Waals surface area contributed by atoms with Crippen LogP contribution in [0.5, 0.6) is 0 Å². The number of guanidine groups is 1. The SMILES string of the molecule is CCNC(=NCC(C)(O)c1cccs1)NCC(C)Cc1cccs1. The quantitative estimate of drug-likeness (QED) is 0.496. The Kier molecular flexibility index (Phi) is 7.27. The van der Waals surface area contributed by atoms with Crippen LogP contribution in [0, 0.1) is 5.92 Å². The Balaban J connectivity index is 1.88. The second-order valence-corrected chi connectivity index (χ2v) is 8.20. The summed E-state index contributed by atoms with van der Waals surface area (Å²) in [6.45, 7) is 8.08. The van der Waals surface area contributed by atoms with E-state index < -0.39 is 5.60 Å². The Bertz CT molecular complexity index is 606. The molecule has 0 fully saturated rings. The molecule has 0 radical (unpaired) electrons. The summed E-state index contributed by atoms with van der Waals surface area (Å²) in [7, 11) is 0. The summed E-state index contributed by atoms with van der Waals surface area (Å²) in [4.78, 5) is 6.91. The fraction of sp³-hybridized carbons (Fsp3) is 0.500. The van der Waals surface area contributed by atoms with Gasteiger partial charge in [0.05, 0.1) is 6.54 Å². The zero-order valence-corrected chi connectivity index (χ0v) is 16.2. The largest absolute Gasteiger partial charge is 0.383 e. The van der Waals surface area contributed by atoms with Gasteiger partial charge in [-0.25, -0.2) is 4.99 Å². The Labute approximate surface area is 152 Å². The van der Waals surface area contributed by atoms with Gasteiger partial charge in [-0.05, 0) is 49.1 Å². The van der Waals surface area contributed by atoms with Crippen LogP contribution in [0.1, 0.15) is 30.5 Å². The highest BCUT2D eigenvalue weighted by Crippen LogP contribution is 2.25. The third-order valence-electron chi connectivity index (χ3n) is 3.69. The van der Waals surface area contributed by atoms with Crippen LogP contribution in [0.25, 0.3) is 0 Å². The van der Waals surface area contributed by atoms with Crippen molar-refractivity contribution in [2.45, 2.75) is 32.8 Å². The van der Waals surface area contributed by atoms with E-state index in [0.717, 1.165) is 30.3 Å². The van der Waals surface area contributed by atoms with Crippen LogP contribution >= 0.6 is 22.7 Å². The molecule has 0 spiro atoms. The van der Waals surface area contributed by atoms with Crippen LogP contribution in [-0.4, -0.2) is 30.7 Å². The maximum absolute atomic E-state index is 10.6. The standard InChI is InChI=1S/C18H27N3OS2/c1-4-19-17(20-12-14(2)11-15-7-5-9-23-15)21-13-18(3,22)16-8-6-10-24-16/h5-10,14,22H,4,11-13H2,1-3H3,(H2,19,20,21). The third kappa shape index (κ3) is 5.92. The van der Waals surface area contributed by atoms with Crippen molar-refractivity contribution < 1.29 is 5.11 Å². The molecule has 0 saturated heterocycles. The number of aliphatic hydroxyl groups is 1. The molecule has 0 aliphatic rings. The molecule has 0 saturated carbocycles. The van der Waals surface area contributed by atoms with Gasteiger partial charge in [0.2, 0.25) is 0 Å². The maximum atomic E-state index is 10.6. The number of nitrogens with one attached hydrogen (secondary N) is 2. The van der Waals surface area contributed by atoms with Crippen LogP contribution in [0.3, 0.4) is 0 Å². The highest BCUT2D eigenvalue weighted by Gasteiger charge is 2.24. The van der Waals surface area contributed by atoms with Gasteiger partial charge in [-0.2, -0.15) is 0 Å². The van der Waals surface area contributed by atoms with Crippen molar-refractivity contribution in [3.05, 3.63) is 44.8 Å². The first-order valence-electron chi connectivity index (χ1n) is 8.32. The van der Waals surface area contributed by atoms with Crippen LogP contribution in [0.15, 0.2) is 40.0 Å². The summed E-state index contributed by atoms with van der Waals surface area (Å²) in [5.74, 6) is 1.28. The maximum Gasteiger partial charge on any atom is 0.191 e. The number of thiophene rings is 2. The predicted molar refractivity (Wildman–Crippen MR) is 105 cm³/mol. The third-order valence-corrected chi connectivity index (χ3v) is 5.71. The number of hydrogen-bond donors (Lipinski definition) is 3. The van der Waals surface area contributed by atoms with Crippen molar-refractivity contribution in [1.29, 1.82) is 0 Å². The van der Waals surface area contributed by atoms with Crippen molar-refractivity contribution in [3.8, 4) is 0 Å². The number of aliphatic imine (C=N–C) groups is 1. The lowest BCUT2D eigenvalue weighted by atomic mass is 10.1. The van der Waals surface area contributed by atoms with E-state index in [1.54, 1.807) is 22.7 Å². The van der Waals surface area contributed by atoms with Gasteiger partial charge < -0.3 is 15.7 Å². The minimum absolute atomic E-state index is 0.335. The molecule has 4 nitrogen and oxygen atoms in total.